The normalized spacial score (nSPS) is 32.3. The number of carbonyl (C=O) groups is 2. The molecule has 2 saturated heterocycles. The zero-order valence-electron chi connectivity index (χ0n) is 12.2. The molecular formula is C14H24O4. The summed E-state index contributed by atoms with van der Waals surface area (Å²) in [6, 6.07) is 0. The number of carbonyl (C=O) groups excluding carboxylic acids is 2. The fourth-order valence-electron chi connectivity index (χ4n) is 2.06. The highest BCUT2D eigenvalue weighted by molar-refractivity contribution is 5.75. The van der Waals surface area contributed by atoms with Gasteiger partial charge in [0.05, 0.1) is 18.4 Å². The number of cyclic esters (lactones) is 2. The van der Waals surface area contributed by atoms with E-state index in [1.54, 1.807) is 0 Å². The van der Waals surface area contributed by atoms with Gasteiger partial charge in [-0.25, -0.2) is 0 Å². The minimum Gasteiger partial charge on any atom is -0.465 e. The molecule has 18 heavy (non-hydrogen) atoms. The second kappa shape index (κ2) is 4.90. The number of rotatable bonds is 0. The SMILES string of the molecule is CC1C(=O)OCC1(C)C.CC1CC(C)(C)OC1=O. The van der Waals surface area contributed by atoms with Crippen molar-refractivity contribution in [3.63, 3.8) is 0 Å². The highest BCUT2D eigenvalue weighted by atomic mass is 16.6. The van der Waals surface area contributed by atoms with Crippen LogP contribution in [-0.2, 0) is 19.1 Å². The quantitative estimate of drug-likeness (QED) is 0.625. The molecule has 0 aliphatic carbocycles. The van der Waals surface area contributed by atoms with E-state index in [2.05, 4.69) is 0 Å². The second-order valence-corrected chi connectivity index (χ2v) is 6.60. The van der Waals surface area contributed by atoms with E-state index in [4.69, 9.17) is 9.47 Å². The van der Waals surface area contributed by atoms with Gasteiger partial charge in [0.25, 0.3) is 0 Å². The molecule has 2 aliphatic heterocycles. The van der Waals surface area contributed by atoms with Crippen molar-refractivity contribution >= 4 is 11.9 Å². The Bertz CT molecular complexity index is 342. The zero-order valence-corrected chi connectivity index (χ0v) is 12.2. The molecular weight excluding hydrogens is 232 g/mol. The molecule has 104 valence electrons. The predicted molar refractivity (Wildman–Crippen MR) is 67.9 cm³/mol. The summed E-state index contributed by atoms with van der Waals surface area (Å²) in [4.78, 5) is 21.5. The molecule has 2 unspecified atom stereocenters. The molecule has 0 radical (unpaired) electrons. The Morgan fingerprint density at radius 1 is 1.06 bits per heavy atom. The molecule has 2 fully saturated rings. The third-order valence-electron chi connectivity index (χ3n) is 3.69. The number of esters is 2. The summed E-state index contributed by atoms with van der Waals surface area (Å²) in [6.45, 7) is 12.4. The van der Waals surface area contributed by atoms with Gasteiger partial charge in [0, 0.05) is 5.41 Å². The van der Waals surface area contributed by atoms with Gasteiger partial charge in [-0.2, -0.15) is 0 Å². The minimum atomic E-state index is -0.212. The van der Waals surface area contributed by atoms with Crippen molar-refractivity contribution in [1.29, 1.82) is 0 Å². The minimum absolute atomic E-state index is 0.0527. The summed E-state index contributed by atoms with van der Waals surface area (Å²) in [5.74, 6) is 0.0532. The third kappa shape index (κ3) is 3.47. The summed E-state index contributed by atoms with van der Waals surface area (Å²) in [5, 5.41) is 0. The first-order chi connectivity index (χ1) is 8.05. The van der Waals surface area contributed by atoms with Gasteiger partial charge in [0.2, 0.25) is 0 Å². The lowest BCUT2D eigenvalue weighted by Gasteiger charge is -2.16. The van der Waals surface area contributed by atoms with Crippen molar-refractivity contribution in [2.45, 2.75) is 53.6 Å². The smallest absolute Gasteiger partial charge is 0.309 e. The van der Waals surface area contributed by atoms with E-state index in [-0.39, 0.29) is 34.8 Å². The average molecular weight is 256 g/mol. The van der Waals surface area contributed by atoms with Crippen LogP contribution in [0.2, 0.25) is 0 Å². The fourth-order valence-corrected chi connectivity index (χ4v) is 2.06. The van der Waals surface area contributed by atoms with Gasteiger partial charge in [-0.15, -0.1) is 0 Å². The summed E-state index contributed by atoms with van der Waals surface area (Å²) >= 11 is 0. The van der Waals surface area contributed by atoms with Crippen LogP contribution < -0.4 is 0 Å². The van der Waals surface area contributed by atoms with Crippen LogP contribution in [-0.4, -0.2) is 24.1 Å². The average Bonchev–Trinajstić information content (AvgIpc) is 2.58. The van der Waals surface area contributed by atoms with Gasteiger partial charge in [-0.05, 0) is 20.3 Å². The molecule has 0 N–H and O–H groups in total. The van der Waals surface area contributed by atoms with Crippen LogP contribution in [0.5, 0.6) is 0 Å². The van der Waals surface area contributed by atoms with E-state index < -0.39 is 0 Å². The highest BCUT2D eigenvalue weighted by Crippen LogP contribution is 2.33. The predicted octanol–water partition coefficient (Wildman–Crippen LogP) is 2.55. The summed E-state index contributed by atoms with van der Waals surface area (Å²) in [7, 11) is 0. The van der Waals surface area contributed by atoms with Gasteiger partial charge in [0.15, 0.2) is 0 Å². The van der Waals surface area contributed by atoms with Crippen LogP contribution in [0.3, 0.4) is 0 Å². The van der Waals surface area contributed by atoms with E-state index >= 15 is 0 Å². The van der Waals surface area contributed by atoms with Crippen molar-refractivity contribution in [1.82, 2.24) is 0 Å². The third-order valence-corrected chi connectivity index (χ3v) is 3.69. The molecule has 4 heteroatoms. The van der Waals surface area contributed by atoms with Crippen molar-refractivity contribution in [3.05, 3.63) is 0 Å². The molecule has 2 atom stereocenters. The Labute approximate surface area is 109 Å². The Morgan fingerprint density at radius 2 is 1.61 bits per heavy atom. The maximum atomic E-state index is 10.8. The van der Waals surface area contributed by atoms with Crippen LogP contribution in [0.4, 0.5) is 0 Å². The van der Waals surface area contributed by atoms with Gasteiger partial charge in [-0.1, -0.05) is 27.7 Å². The highest BCUT2D eigenvalue weighted by Gasteiger charge is 2.39. The van der Waals surface area contributed by atoms with Crippen LogP contribution in [0, 0.1) is 17.3 Å². The van der Waals surface area contributed by atoms with Gasteiger partial charge in [-0.3, -0.25) is 9.59 Å². The molecule has 0 amide bonds. The van der Waals surface area contributed by atoms with Gasteiger partial charge < -0.3 is 9.47 Å². The van der Waals surface area contributed by atoms with Crippen LogP contribution >= 0.6 is 0 Å². The van der Waals surface area contributed by atoms with E-state index in [1.165, 1.54) is 0 Å². The lowest BCUT2D eigenvalue weighted by Crippen LogP contribution is -2.20. The number of hydrogen-bond donors (Lipinski definition) is 0. The first-order valence-corrected chi connectivity index (χ1v) is 6.45. The molecule has 0 aromatic heterocycles. The first kappa shape index (κ1) is 15.0. The molecule has 0 saturated carbocycles. The van der Waals surface area contributed by atoms with Crippen LogP contribution in [0.1, 0.15) is 48.0 Å². The molecule has 0 aromatic rings. The van der Waals surface area contributed by atoms with Crippen LogP contribution in [0.25, 0.3) is 0 Å². The van der Waals surface area contributed by atoms with Gasteiger partial charge in [0.1, 0.15) is 5.60 Å². The number of hydrogen-bond acceptors (Lipinski definition) is 4. The summed E-state index contributed by atoms with van der Waals surface area (Å²) < 4.78 is 9.86. The Morgan fingerprint density at radius 3 is 1.72 bits per heavy atom. The zero-order chi connectivity index (χ0) is 14.1. The Kier molecular flexibility index (Phi) is 4.08. The Balaban J connectivity index is 0.000000180. The van der Waals surface area contributed by atoms with Crippen molar-refractivity contribution in [3.8, 4) is 0 Å². The molecule has 2 rings (SSSR count). The largest absolute Gasteiger partial charge is 0.465 e. The summed E-state index contributed by atoms with van der Waals surface area (Å²) in [6.07, 6.45) is 0.853. The second-order valence-electron chi connectivity index (χ2n) is 6.60. The Hall–Kier alpha value is -1.06. The van der Waals surface area contributed by atoms with E-state index in [0.717, 1.165) is 6.42 Å². The molecule has 2 heterocycles. The van der Waals surface area contributed by atoms with Crippen LogP contribution in [0.15, 0.2) is 0 Å². The molecule has 4 nitrogen and oxygen atoms in total. The molecule has 0 aromatic carbocycles. The maximum absolute atomic E-state index is 10.8. The molecule has 2 aliphatic rings. The standard InChI is InChI=1S/2C7H12O2/c1-5-6(8)9-4-7(5,2)3;1-5-4-7(2,3)9-6(5)8/h2*5H,4H2,1-3H3. The lowest BCUT2D eigenvalue weighted by atomic mass is 9.83. The van der Waals surface area contributed by atoms with Crippen molar-refractivity contribution in [2.24, 2.45) is 17.3 Å². The maximum Gasteiger partial charge on any atom is 0.309 e. The van der Waals surface area contributed by atoms with Crippen molar-refractivity contribution < 1.29 is 19.1 Å². The van der Waals surface area contributed by atoms with Gasteiger partial charge >= 0.3 is 11.9 Å². The number of ether oxygens (including phenoxy) is 2. The topological polar surface area (TPSA) is 52.6 Å². The monoisotopic (exact) mass is 256 g/mol. The molecule has 0 bridgehead atoms. The van der Waals surface area contributed by atoms with Crippen molar-refractivity contribution in [2.75, 3.05) is 6.61 Å². The molecule has 0 spiro atoms. The van der Waals surface area contributed by atoms with E-state index in [1.807, 2.05) is 41.5 Å². The first-order valence-electron chi connectivity index (χ1n) is 6.45. The van der Waals surface area contributed by atoms with E-state index in [0.29, 0.717) is 6.61 Å². The summed E-state index contributed by atoms with van der Waals surface area (Å²) in [5.41, 5.74) is -0.159. The van der Waals surface area contributed by atoms with E-state index in [9.17, 15) is 9.59 Å². The lowest BCUT2D eigenvalue weighted by molar-refractivity contribution is -0.148. The fraction of sp³-hybridized carbons (Fsp3) is 0.857.